The summed E-state index contributed by atoms with van der Waals surface area (Å²) in [6, 6.07) is 12.1. The molecule has 0 radical (unpaired) electrons. The predicted octanol–water partition coefficient (Wildman–Crippen LogP) is 3.79. The van der Waals surface area contributed by atoms with E-state index in [2.05, 4.69) is 27.8 Å². The molecule has 1 aliphatic heterocycles. The van der Waals surface area contributed by atoms with Crippen LogP contribution in [0.2, 0.25) is 0 Å². The first kappa shape index (κ1) is 15.8. The minimum atomic E-state index is 0.139. The number of aryl methyl sites for hydroxylation is 1. The second-order valence-electron chi connectivity index (χ2n) is 6.42. The second-order valence-corrected chi connectivity index (χ2v) is 6.42. The normalized spacial score (nSPS) is 17.9. The van der Waals surface area contributed by atoms with Crippen molar-refractivity contribution in [2.45, 2.75) is 25.6 Å². The number of rotatable bonds is 4. The largest absolute Gasteiger partial charge is 0.504 e. The van der Waals surface area contributed by atoms with Crippen molar-refractivity contribution in [1.82, 2.24) is 9.47 Å². The highest BCUT2D eigenvalue weighted by molar-refractivity contribution is 5.41. The number of hydrogen-bond acceptors (Lipinski definition) is 4. The molecule has 1 N–H and O–H groups in total. The third-order valence-electron chi connectivity index (χ3n) is 4.84. The minimum Gasteiger partial charge on any atom is -0.504 e. The Morgan fingerprint density at radius 2 is 2.16 bits per heavy atom. The van der Waals surface area contributed by atoms with Crippen molar-refractivity contribution >= 4 is 0 Å². The first-order chi connectivity index (χ1) is 12.3. The van der Waals surface area contributed by atoms with Gasteiger partial charge in [0.25, 0.3) is 0 Å². The molecule has 0 spiro atoms. The van der Waals surface area contributed by atoms with Crippen LogP contribution in [0.25, 0.3) is 0 Å². The standard InChI is InChI=1S/C20H22N2O3/c1-24-19-6-5-15(12-18(19)23)13-22-10-3-9-21-8-2-4-17(21)20(22)16-7-11-25-14-16/h2,4-8,11-12,14,20,23H,3,9-10,13H2,1H3. The summed E-state index contributed by atoms with van der Waals surface area (Å²) < 4.78 is 12.8. The van der Waals surface area contributed by atoms with E-state index in [0.717, 1.165) is 37.2 Å². The highest BCUT2D eigenvalue weighted by Gasteiger charge is 2.28. The van der Waals surface area contributed by atoms with Gasteiger partial charge in [-0.3, -0.25) is 4.90 Å². The Labute approximate surface area is 147 Å². The summed E-state index contributed by atoms with van der Waals surface area (Å²) in [7, 11) is 1.56. The summed E-state index contributed by atoms with van der Waals surface area (Å²) in [6.45, 7) is 2.74. The molecule has 1 aliphatic rings. The molecular weight excluding hydrogens is 316 g/mol. The topological polar surface area (TPSA) is 50.8 Å². The predicted molar refractivity (Wildman–Crippen MR) is 94.7 cm³/mol. The summed E-state index contributed by atoms with van der Waals surface area (Å²) in [5.41, 5.74) is 3.49. The number of phenolic OH excluding ortho intramolecular Hbond substituents is 1. The maximum Gasteiger partial charge on any atom is 0.160 e. The Morgan fingerprint density at radius 3 is 2.92 bits per heavy atom. The molecule has 5 nitrogen and oxygen atoms in total. The van der Waals surface area contributed by atoms with Gasteiger partial charge in [0.05, 0.1) is 25.7 Å². The van der Waals surface area contributed by atoms with Crippen molar-refractivity contribution in [3.8, 4) is 11.5 Å². The lowest BCUT2D eigenvalue weighted by Crippen LogP contribution is -2.29. The lowest BCUT2D eigenvalue weighted by molar-refractivity contribution is 0.219. The average Bonchev–Trinajstić information content (AvgIpc) is 3.26. The Kier molecular flexibility index (Phi) is 4.24. The highest BCUT2D eigenvalue weighted by Crippen LogP contribution is 2.34. The number of benzene rings is 1. The van der Waals surface area contributed by atoms with Crippen LogP contribution in [0.5, 0.6) is 11.5 Å². The van der Waals surface area contributed by atoms with Crippen LogP contribution in [0.15, 0.2) is 59.5 Å². The number of ether oxygens (including phenoxy) is 1. The number of fused-ring (bicyclic) bond motifs is 1. The molecule has 2 aromatic heterocycles. The molecule has 130 valence electrons. The van der Waals surface area contributed by atoms with Crippen LogP contribution in [-0.2, 0) is 13.1 Å². The molecule has 0 saturated heterocycles. The fourth-order valence-electron chi connectivity index (χ4n) is 3.69. The Morgan fingerprint density at radius 1 is 1.24 bits per heavy atom. The van der Waals surface area contributed by atoms with Gasteiger partial charge in [0.1, 0.15) is 0 Å². The fraction of sp³-hybridized carbons (Fsp3) is 0.300. The van der Waals surface area contributed by atoms with Gasteiger partial charge in [-0.25, -0.2) is 0 Å². The van der Waals surface area contributed by atoms with E-state index in [4.69, 9.17) is 9.15 Å². The van der Waals surface area contributed by atoms with E-state index in [-0.39, 0.29) is 11.8 Å². The molecule has 0 amide bonds. The Hall–Kier alpha value is -2.66. The summed E-state index contributed by atoms with van der Waals surface area (Å²) >= 11 is 0. The smallest absolute Gasteiger partial charge is 0.160 e. The number of nitrogens with zero attached hydrogens (tertiary/aromatic N) is 2. The number of hydrogen-bond donors (Lipinski definition) is 1. The molecule has 3 aromatic rings. The van der Waals surface area contributed by atoms with Crippen LogP contribution in [0.1, 0.15) is 29.3 Å². The van der Waals surface area contributed by atoms with Crippen molar-refractivity contribution in [3.63, 3.8) is 0 Å². The van der Waals surface area contributed by atoms with Gasteiger partial charge in [0.15, 0.2) is 11.5 Å². The van der Waals surface area contributed by atoms with Crippen LogP contribution in [0.4, 0.5) is 0 Å². The molecule has 5 heteroatoms. The molecule has 25 heavy (non-hydrogen) atoms. The van der Waals surface area contributed by atoms with E-state index in [1.807, 2.05) is 24.5 Å². The molecule has 1 unspecified atom stereocenters. The van der Waals surface area contributed by atoms with Crippen molar-refractivity contribution in [2.24, 2.45) is 0 Å². The van der Waals surface area contributed by atoms with Gasteiger partial charge in [-0.05, 0) is 42.3 Å². The zero-order chi connectivity index (χ0) is 17.2. The number of aromatic nitrogens is 1. The quantitative estimate of drug-likeness (QED) is 0.786. The maximum absolute atomic E-state index is 10.1. The first-order valence-corrected chi connectivity index (χ1v) is 8.53. The minimum absolute atomic E-state index is 0.139. The molecule has 4 rings (SSSR count). The lowest BCUT2D eigenvalue weighted by Gasteiger charge is -2.29. The van der Waals surface area contributed by atoms with Crippen molar-refractivity contribution in [2.75, 3.05) is 13.7 Å². The highest BCUT2D eigenvalue weighted by atomic mass is 16.5. The Bertz CT molecular complexity index is 839. The molecule has 1 aromatic carbocycles. The molecule has 3 heterocycles. The fourth-order valence-corrected chi connectivity index (χ4v) is 3.69. The monoisotopic (exact) mass is 338 g/mol. The summed E-state index contributed by atoms with van der Waals surface area (Å²) in [5.74, 6) is 0.679. The van der Waals surface area contributed by atoms with Gasteiger partial charge in [-0.1, -0.05) is 6.07 Å². The van der Waals surface area contributed by atoms with E-state index in [0.29, 0.717) is 5.75 Å². The van der Waals surface area contributed by atoms with Crippen molar-refractivity contribution < 1.29 is 14.3 Å². The summed E-state index contributed by atoms with van der Waals surface area (Å²) in [6.07, 6.45) is 6.78. The van der Waals surface area contributed by atoms with Crippen LogP contribution >= 0.6 is 0 Å². The van der Waals surface area contributed by atoms with E-state index in [9.17, 15) is 5.11 Å². The third kappa shape index (κ3) is 3.03. The van der Waals surface area contributed by atoms with Gasteiger partial charge >= 0.3 is 0 Å². The van der Waals surface area contributed by atoms with Crippen molar-refractivity contribution in [1.29, 1.82) is 0 Å². The molecular formula is C20H22N2O3. The third-order valence-corrected chi connectivity index (χ3v) is 4.84. The second kappa shape index (κ2) is 6.69. The number of methoxy groups -OCH3 is 1. The van der Waals surface area contributed by atoms with Gasteiger partial charge in [0.2, 0.25) is 0 Å². The van der Waals surface area contributed by atoms with Crippen LogP contribution in [0, 0.1) is 0 Å². The first-order valence-electron chi connectivity index (χ1n) is 8.53. The molecule has 0 bridgehead atoms. The average molecular weight is 338 g/mol. The van der Waals surface area contributed by atoms with Crippen LogP contribution in [-0.4, -0.2) is 28.2 Å². The van der Waals surface area contributed by atoms with Crippen LogP contribution in [0.3, 0.4) is 0 Å². The zero-order valence-corrected chi connectivity index (χ0v) is 14.3. The summed E-state index contributed by atoms with van der Waals surface area (Å²) in [5, 5.41) is 10.1. The molecule has 1 atom stereocenters. The van der Waals surface area contributed by atoms with Crippen molar-refractivity contribution in [3.05, 3.63) is 71.9 Å². The molecule has 0 fully saturated rings. The van der Waals surface area contributed by atoms with E-state index in [1.54, 1.807) is 19.4 Å². The maximum atomic E-state index is 10.1. The zero-order valence-electron chi connectivity index (χ0n) is 14.3. The van der Waals surface area contributed by atoms with Gasteiger partial charge in [-0.2, -0.15) is 0 Å². The van der Waals surface area contributed by atoms with E-state index in [1.165, 1.54) is 5.69 Å². The molecule has 0 saturated carbocycles. The van der Waals surface area contributed by atoms with Gasteiger partial charge in [-0.15, -0.1) is 0 Å². The van der Waals surface area contributed by atoms with Crippen LogP contribution < -0.4 is 4.74 Å². The van der Waals surface area contributed by atoms with E-state index >= 15 is 0 Å². The number of furan rings is 1. The van der Waals surface area contributed by atoms with Gasteiger partial charge in [0, 0.05) is 37.1 Å². The lowest BCUT2D eigenvalue weighted by atomic mass is 10.0. The van der Waals surface area contributed by atoms with E-state index < -0.39 is 0 Å². The number of aromatic hydroxyl groups is 1. The molecule has 0 aliphatic carbocycles. The SMILES string of the molecule is COc1ccc(CN2CCCn3cccc3C2c2ccoc2)cc1O. The Balaban J connectivity index is 1.68. The number of phenols is 1. The summed E-state index contributed by atoms with van der Waals surface area (Å²) in [4.78, 5) is 2.44. The van der Waals surface area contributed by atoms with Gasteiger partial charge < -0.3 is 18.8 Å².